The topological polar surface area (TPSA) is 43.4 Å². The van der Waals surface area contributed by atoms with Crippen molar-refractivity contribution in [1.82, 2.24) is 0 Å². The average molecular weight is 411 g/mol. The van der Waals surface area contributed by atoms with Crippen LogP contribution >= 0.6 is 38.5 Å². The van der Waals surface area contributed by atoms with Crippen molar-refractivity contribution in [1.29, 1.82) is 0 Å². The maximum absolute atomic E-state index is 11.6. The molecule has 0 amide bonds. The van der Waals surface area contributed by atoms with Crippen LogP contribution < -0.4 is 0 Å². The number of carbonyl (C=O) groups is 2. The third-order valence-corrected chi connectivity index (χ3v) is 3.88. The molecule has 3 nitrogen and oxygen atoms in total. The number of ether oxygens (including phenoxy) is 1. The Morgan fingerprint density at radius 1 is 1.41 bits per heavy atom. The van der Waals surface area contributed by atoms with E-state index in [-0.39, 0.29) is 16.6 Å². The molecule has 0 aromatic heterocycles. The number of alkyl halides is 1. The molecule has 0 saturated carbocycles. The Bertz CT molecular complexity index is 445. The molecular formula is C12H12BrIO3. The van der Waals surface area contributed by atoms with Crippen LogP contribution in [0.2, 0.25) is 0 Å². The van der Waals surface area contributed by atoms with Gasteiger partial charge in [0.05, 0.1) is 17.0 Å². The molecule has 0 saturated heterocycles. The zero-order chi connectivity index (χ0) is 13.0. The monoisotopic (exact) mass is 410 g/mol. The van der Waals surface area contributed by atoms with Gasteiger partial charge in [0.2, 0.25) is 0 Å². The van der Waals surface area contributed by atoms with Crippen molar-refractivity contribution in [3.63, 3.8) is 0 Å². The summed E-state index contributed by atoms with van der Waals surface area (Å²) < 4.78 is 5.83. The van der Waals surface area contributed by atoms with Crippen molar-refractivity contribution >= 4 is 50.3 Å². The third-order valence-electron chi connectivity index (χ3n) is 2.08. The number of ketones is 1. The van der Waals surface area contributed by atoms with Crippen LogP contribution in [0.1, 0.15) is 34.6 Å². The molecule has 0 bridgehead atoms. The van der Waals surface area contributed by atoms with Crippen LogP contribution in [0.3, 0.4) is 0 Å². The molecule has 17 heavy (non-hydrogen) atoms. The molecule has 0 N–H and O–H groups in total. The van der Waals surface area contributed by atoms with E-state index in [9.17, 15) is 9.59 Å². The summed E-state index contributed by atoms with van der Waals surface area (Å²) in [4.78, 5) is 22.5. The van der Waals surface area contributed by atoms with Crippen LogP contribution in [0.4, 0.5) is 0 Å². The lowest BCUT2D eigenvalue weighted by Crippen LogP contribution is -2.08. The summed E-state index contributed by atoms with van der Waals surface area (Å²) in [6.07, 6.45) is 0. The first kappa shape index (κ1) is 14.6. The van der Waals surface area contributed by atoms with Gasteiger partial charge in [-0.25, -0.2) is 4.79 Å². The van der Waals surface area contributed by atoms with E-state index in [1.807, 2.05) is 6.07 Å². The molecule has 1 unspecified atom stereocenters. The van der Waals surface area contributed by atoms with Gasteiger partial charge in [-0.05, 0) is 60.2 Å². The summed E-state index contributed by atoms with van der Waals surface area (Å²) in [5.41, 5.74) is 1.24. The fourth-order valence-corrected chi connectivity index (χ4v) is 2.29. The normalized spacial score (nSPS) is 12.0. The summed E-state index contributed by atoms with van der Waals surface area (Å²) in [6.45, 7) is 3.60. The van der Waals surface area contributed by atoms with E-state index in [4.69, 9.17) is 4.74 Å². The highest BCUT2D eigenvalue weighted by Crippen LogP contribution is 2.26. The van der Waals surface area contributed by atoms with Crippen molar-refractivity contribution in [2.45, 2.75) is 18.7 Å². The number of Topliss-reactive ketones (excluding diaryl/α,β-unsaturated/α-hetero) is 1. The van der Waals surface area contributed by atoms with E-state index in [1.54, 1.807) is 19.1 Å². The highest BCUT2D eigenvalue weighted by Gasteiger charge is 2.16. The molecule has 0 aliphatic heterocycles. The third kappa shape index (κ3) is 4.06. The predicted molar refractivity (Wildman–Crippen MR) is 77.5 cm³/mol. The zero-order valence-corrected chi connectivity index (χ0v) is 13.2. The average Bonchev–Trinajstić information content (AvgIpc) is 2.27. The van der Waals surface area contributed by atoms with Crippen LogP contribution in [-0.2, 0) is 9.53 Å². The second-order valence-corrected chi connectivity index (χ2v) is 5.63. The molecule has 1 atom stereocenters. The molecule has 0 aliphatic rings. The Labute approximate surface area is 122 Å². The van der Waals surface area contributed by atoms with Gasteiger partial charge in [0.25, 0.3) is 0 Å². The highest BCUT2D eigenvalue weighted by molar-refractivity contribution is 14.1. The van der Waals surface area contributed by atoms with Gasteiger partial charge in [-0.15, -0.1) is 0 Å². The first-order chi connectivity index (χ1) is 7.95. The maximum Gasteiger partial charge on any atom is 0.338 e. The molecule has 0 spiro atoms. The molecular weight excluding hydrogens is 399 g/mol. The summed E-state index contributed by atoms with van der Waals surface area (Å²) in [7, 11) is 0. The van der Waals surface area contributed by atoms with Crippen molar-refractivity contribution < 1.29 is 14.3 Å². The van der Waals surface area contributed by atoms with E-state index in [0.29, 0.717) is 12.2 Å². The number of benzene rings is 1. The van der Waals surface area contributed by atoms with Crippen molar-refractivity contribution in [3.05, 3.63) is 32.9 Å². The highest BCUT2D eigenvalue weighted by atomic mass is 127. The molecule has 92 valence electrons. The van der Waals surface area contributed by atoms with E-state index in [1.165, 1.54) is 6.92 Å². The fourth-order valence-electron chi connectivity index (χ4n) is 1.33. The van der Waals surface area contributed by atoms with Crippen molar-refractivity contribution in [2.24, 2.45) is 0 Å². The zero-order valence-electron chi connectivity index (χ0n) is 9.50. The summed E-state index contributed by atoms with van der Waals surface area (Å²) in [5.74, 6) is -0.364. The number of hydrogen-bond acceptors (Lipinski definition) is 3. The second-order valence-electron chi connectivity index (χ2n) is 3.47. The van der Waals surface area contributed by atoms with Crippen molar-refractivity contribution in [3.8, 4) is 0 Å². The Balaban J connectivity index is 3.10. The molecule has 0 radical (unpaired) electrons. The lowest BCUT2D eigenvalue weighted by molar-refractivity contribution is -0.116. The van der Waals surface area contributed by atoms with Gasteiger partial charge >= 0.3 is 5.97 Å². The quantitative estimate of drug-likeness (QED) is 0.433. The van der Waals surface area contributed by atoms with Gasteiger partial charge in [0.15, 0.2) is 0 Å². The fraction of sp³-hybridized carbons (Fsp3) is 0.333. The number of esters is 1. The smallest absolute Gasteiger partial charge is 0.338 e. The lowest BCUT2D eigenvalue weighted by atomic mass is 10.1. The van der Waals surface area contributed by atoms with E-state index < -0.39 is 0 Å². The number of rotatable bonds is 4. The molecule has 1 aromatic rings. The summed E-state index contributed by atoms with van der Waals surface area (Å²) in [6, 6.07) is 5.28. The minimum atomic E-state index is -0.384. The van der Waals surface area contributed by atoms with Crippen LogP contribution in [0.15, 0.2) is 18.2 Å². The Morgan fingerprint density at radius 3 is 2.59 bits per heavy atom. The van der Waals surface area contributed by atoms with Gasteiger partial charge in [-0.3, -0.25) is 4.79 Å². The van der Waals surface area contributed by atoms with Gasteiger partial charge in [0.1, 0.15) is 5.78 Å². The standard InChI is InChI=1S/C12H12BrIO3/c1-3-17-12(16)9-4-8(5-10(14)6-9)11(13)7(2)15/h4-6,11H,3H2,1-2H3. The van der Waals surface area contributed by atoms with Crippen LogP contribution in [0, 0.1) is 3.57 Å². The molecule has 0 fully saturated rings. The van der Waals surface area contributed by atoms with E-state index >= 15 is 0 Å². The minimum Gasteiger partial charge on any atom is -0.462 e. The predicted octanol–water partition coefficient (Wildman–Crippen LogP) is 3.49. The largest absolute Gasteiger partial charge is 0.462 e. The SMILES string of the molecule is CCOC(=O)c1cc(I)cc(C(Br)C(C)=O)c1. The number of hydrogen-bond donors (Lipinski definition) is 0. The van der Waals surface area contributed by atoms with Crippen LogP contribution in [0.25, 0.3) is 0 Å². The lowest BCUT2D eigenvalue weighted by Gasteiger charge is -2.09. The molecule has 5 heteroatoms. The molecule has 1 aromatic carbocycles. The number of carbonyl (C=O) groups excluding carboxylic acids is 2. The van der Waals surface area contributed by atoms with Gasteiger partial charge in [-0.2, -0.15) is 0 Å². The molecule has 1 rings (SSSR count). The molecule has 0 aliphatic carbocycles. The first-order valence-corrected chi connectivity index (χ1v) is 7.07. The Kier molecular flexibility index (Phi) is 5.58. The first-order valence-electron chi connectivity index (χ1n) is 5.07. The van der Waals surface area contributed by atoms with Gasteiger partial charge < -0.3 is 4.74 Å². The van der Waals surface area contributed by atoms with E-state index in [0.717, 1.165) is 9.13 Å². The minimum absolute atomic E-state index is 0.00167. The van der Waals surface area contributed by atoms with Crippen LogP contribution in [0.5, 0.6) is 0 Å². The summed E-state index contributed by atoms with van der Waals surface area (Å²) >= 11 is 5.41. The van der Waals surface area contributed by atoms with Crippen LogP contribution in [-0.4, -0.2) is 18.4 Å². The maximum atomic E-state index is 11.6. The Morgan fingerprint density at radius 2 is 2.06 bits per heavy atom. The van der Waals surface area contributed by atoms with E-state index in [2.05, 4.69) is 38.5 Å². The van der Waals surface area contributed by atoms with Crippen molar-refractivity contribution in [2.75, 3.05) is 6.61 Å². The van der Waals surface area contributed by atoms with Gasteiger partial charge in [0, 0.05) is 3.57 Å². The summed E-state index contributed by atoms with van der Waals surface area (Å²) in [5, 5.41) is 0. The molecule has 0 heterocycles. The number of halogens is 2. The Hall–Kier alpha value is -0.430. The van der Waals surface area contributed by atoms with Gasteiger partial charge in [-0.1, -0.05) is 15.9 Å². The second kappa shape index (κ2) is 6.49.